The Morgan fingerprint density at radius 2 is 1.38 bits per heavy atom. The third-order valence-electron chi connectivity index (χ3n) is 3.78. The van der Waals surface area contributed by atoms with Crippen molar-refractivity contribution in [2.75, 3.05) is 0 Å². The molecule has 0 spiro atoms. The SMILES string of the molecule is O=C(C1=C([O-])c2cc(F)c(F)c(F)c2CC1)C(F)(C(F)(F)F)C(F)(F)F. The summed E-state index contributed by atoms with van der Waals surface area (Å²) in [5.74, 6) is -11.0. The number of carbonyl (C=O) groups is 1. The number of rotatable bonds is 2. The highest BCUT2D eigenvalue weighted by atomic mass is 19.4. The number of hydrogen-bond acceptors (Lipinski definition) is 2. The van der Waals surface area contributed by atoms with Crippen molar-refractivity contribution >= 4 is 11.5 Å². The van der Waals surface area contributed by atoms with Gasteiger partial charge in [-0.15, -0.1) is 0 Å². The molecule has 0 unspecified atom stereocenters. The summed E-state index contributed by atoms with van der Waals surface area (Å²) in [6, 6.07) is 0.0175. The van der Waals surface area contributed by atoms with Crippen molar-refractivity contribution in [2.24, 2.45) is 0 Å². The zero-order valence-corrected chi connectivity index (χ0v) is 12.1. The van der Waals surface area contributed by atoms with Gasteiger partial charge in [0.15, 0.2) is 17.5 Å². The normalized spacial score (nSPS) is 15.9. The summed E-state index contributed by atoms with van der Waals surface area (Å²) in [7, 11) is 0. The second-order valence-electron chi connectivity index (χ2n) is 5.30. The molecule has 0 aliphatic heterocycles. The summed E-state index contributed by atoms with van der Waals surface area (Å²) in [4.78, 5) is 11.6. The minimum Gasteiger partial charge on any atom is -0.872 e. The molecule has 1 aliphatic carbocycles. The Morgan fingerprint density at radius 1 is 0.885 bits per heavy atom. The molecule has 26 heavy (non-hydrogen) atoms. The van der Waals surface area contributed by atoms with Crippen LogP contribution in [0.2, 0.25) is 0 Å². The van der Waals surface area contributed by atoms with Gasteiger partial charge in [-0.25, -0.2) is 17.6 Å². The first-order valence-electron chi connectivity index (χ1n) is 6.58. The van der Waals surface area contributed by atoms with Gasteiger partial charge in [0, 0.05) is 0 Å². The highest BCUT2D eigenvalue weighted by Gasteiger charge is 2.77. The molecule has 2 rings (SSSR count). The van der Waals surface area contributed by atoms with E-state index in [9.17, 15) is 53.8 Å². The molecule has 0 atom stereocenters. The topological polar surface area (TPSA) is 40.1 Å². The molecule has 12 heteroatoms. The standard InChI is InChI=1S/C14H6F10O2/c15-7-3-6-4(8(16)9(7)17)1-2-5(10(6)25)11(26)12(18,13(19,20)21)14(22,23)24/h3,25H,1-2H2/p-1. The lowest BCUT2D eigenvalue weighted by Gasteiger charge is -2.33. The molecule has 1 aromatic carbocycles. The van der Waals surface area contributed by atoms with Crippen LogP contribution in [0.3, 0.4) is 0 Å². The van der Waals surface area contributed by atoms with Crippen molar-refractivity contribution in [1.29, 1.82) is 0 Å². The Bertz CT molecular complexity index is 789. The number of alkyl halides is 7. The Labute approximate surface area is 137 Å². The first-order chi connectivity index (χ1) is 11.6. The summed E-state index contributed by atoms with van der Waals surface area (Å²) in [5.41, 5.74) is -10.1. The van der Waals surface area contributed by atoms with Gasteiger partial charge in [0.2, 0.25) is 5.78 Å². The molecule has 0 radical (unpaired) electrons. The van der Waals surface area contributed by atoms with Gasteiger partial charge in [-0.3, -0.25) is 4.79 Å². The Kier molecular flexibility index (Phi) is 4.53. The van der Waals surface area contributed by atoms with Gasteiger partial charge in [-0.2, -0.15) is 26.3 Å². The summed E-state index contributed by atoms with van der Waals surface area (Å²) >= 11 is 0. The average molecular weight is 395 g/mol. The van der Waals surface area contributed by atoms with Gasteiger partial charge in [0.05, 0.1) is 0 Å². The molecular weight excluding hydrogens is 390 g/mol. The number of benzene rings is 1. The minimum absolute atomic E-state index is 0.0175. The van der Waals surface area contributed by atoms with Gasteiger partial charge in [0.25, 0.3) is 0 Å². The van der Waals surface area contributed by atoms with E-state index in [1.54, 1.807) is 0 Å². The van der Waals surface area contributed by atoms with Crippen LogP contribution in [0.4, 0.5) is 43.9 Å². The highest BCUT2D eigenvalue weighted by molar-refractivity contribution is 6.08. The highest BCUT2D eigenvalue weighted by Crippen LogP contribution is 2.49. The Hall–Kier alpha value is -2.27. The lowest BCUT2D eigenvalue weighted by molar-refractivity contribution is -0.324. The predicted octanol–water partition coefficient (Wildman–Crippen LogP) is 3.52. The molecule has 2 nitrogen and oxygen atoms in total. The summed E-state index contributed by atoms with van der Waals surface area (Å²) < 4.78 is 129. The Morgan fingerprint density at radius 3 is 1.85 bits per heavy atom. The first-order valence-corrected chi connectivity index (χ1v) is 6.58. The summed E-state index contributed by atoms with van der Waals surface area (Å²) in [5, 5.41) is 12.0. The molecular formula is C14H5F10O2-. The number of ketones is 1. The van der Waals surface area contributed by atoms with E-state index >= 15 is 0 Å². The van der Waals surface area contributed by atoms with Gasteiger partial charge in [-0.05, 0) is 35.6 Å². The molecule has 0 saturated heterocycles. The number of fused-ring (bicyclic) bond motifs is 1. The lowest BCUT2D eigenvalue weighted by atomic mass is 9.83. The van der Waals surface area contributed by atoms with Crippen molar-refractivity contribution in [2.45, 2.75) is 30.9 Å². The molecule has 0 fully saturated rings. The largest absolute Gasteiger partial charge is 0.872 e. The molecule has 144 valence electrons. The zero-order valence-electron chi connectivity index (χ0n) is 12.1. The average Bonchev–Trinajstić information content (AvgIpc) is 2.50. The maximum absolute atomic E-state index is 13.8. The van der Waals surface area contributed by atoms with Crippen LogP contribution in [0.1, 0.15) is 17.5 Å². The van der Waals surface area contributed by atoms with E-state index in [1.165, 1.54) is 0 Å². The quantitative estimate of drug-likeness (QED) is 0.568. The molecule has 0 aromatic heterocycles. The van der Waals surface area contributed by atoms with Gasteiger partial charge >= 0.3 is 18.0 Å². The summed E-state index contributed by atoms with van der Waals surface area (Å²) in [6.45, 7) is 0. The fourth-order valence-electron chi connectivity index (χ4n) is 2.45. The smallest absolute Gasteiger partial charge is 0.439 e. The van der Waals surface area contributed by atoms with Gasteiger partial charge < -0.3 is 5.11 Å². The van der Waals surface area contributed by atoms with E-state index in [2.05, 4.69) is 0 Å². The van der Waals surface area contributed by atoms with Gasteiger partial charge in [-0.1, -0.05) is 5.76 Å². The predicted molar refractivity (Wildman–Crippen MR) is 62.5 cm³/mol. The maximum atomic E-state index is 13.8. The van der Waals surface area contributed by atoms with E-state index in [1.807, 2.05) is 0 Å². The molecule has 0 amide bonds. The van der Waals surface area contributed by atoms with Crippen LogP contribution in [-0.4, -0.2) is 23.8 Å². The van der Waals surface area contributed by atoms with E-state index in [4.69, 9.17) is 0 Å². The zero-order chi connectivity index (χ0) is 20.2. The van der Waals surface area contributed by atoms with Crippen LogP contribution in [0, 0.1) is 17.5 Å². The molecule has 1 aromatic rings. The second kappa shape index (κ2) is 5.88. The van der Waals surface area contributed by atoms with Crippen molar-refractivity contribution < 1.29 is 53.8 Å². The number of Topliss-reactive ketones (excluding diaryl/α,β-unsaturated/α-hetero) is 1. The van der Waals surface area contributed by atoms with E-state index in [-0.39, 0.29) is 6.07 Å². The third-order valence-corrected chi connectivity index (χ3v) is 3.78. The fourth-order valence-corrected chi connectivity index (χ4v) is 2.45. The third kappa shape index (κ3) is 2.71. The van der Waals surface area contributed by atoms with Crippen LogP contribution >= 0.6 is 0 Å². The number of hydrogen-bond donors (Lipinski definition) is 0. The minimum atomic E-state index is -6.74. The van der Waals surface area contributed by atoms with E-state index in [0.717, 1.165) is 0 Å². The van der Waals surface area contributed by atoms with Crippen molar-refractivity contribution in [3.63, 3.8) is 0 Å². The monoisotopic (exact) mass is 395 g/mol. The van der Waals surface area contributed by atoms with Crippen molar-refractivity contribution in [1.82, 2.24) is 0 Å². The number of halogens is 10. The number of carbonyl (C=O) groups excluding carboxylic acids is 1. The molecule has 1 aliphatic rings. The van der Waals surface area contributed by atoms with Crippen LogP contribution in [0.25, 0.3) is 5.76 Å². The molecule has 0 saturated carbocycles. The van der Waals surface area contributed by atoms with Gasteiger partial charge in [0.1, 0.15) is 0 Å². The van der Waals surface area contributed by atoms with E-state index < -0.39 is 76.6 Å². The molecule has 0 N–H and O–H groups in total. The van der Waals surface area contributed by atoms with Crippen molar-refractivity contribution in [3.8, 4) is 0 Å². The number of allylic oxidation sites excluding steroid dienone is 1. The van der Waals surface area contributed by atoms with Crippen LogP contribution in [0.5, 0.6) is 0 Å². The molecule has 0 heterocycles. The lowest BCUT2D eigenvalue weighted by Crippen LogP contribution is -2.59. The molecule has 0 bridgehead atoms. The van der Waals surface area contributed by atoms with Crippen LogP contribution < -0.4 is 5.11 Å². The van der Waals surface area contributed by atoms with E-state index in [0.29, 0.717) is 0 Å². The Balaban J connectivity index is 2.69. The van der Waals surface area contributed by atoms with Crippen molar-refractivity contribution in [3.05, 3.63) is 40.2 Å². The maximum Gasteiger partial charge on any atom is 0.439 e. The first kappa shape index (κ1) is 20.0. The fraction of sp³-hybridized carbons (Fsp3) is 0.357. The summed E-state index contributed by atoms with van der Waals surface area (Å²) in [6.07, 6.45) is -15.6. The second-order valence-corrected chi connectivity index (χ2v) is 5.30. The van der Waals surface area contributed by atoms with Crippen LogP contribution in [0.15, 0.2) is 11.6 Å². The van der Waals surface area contributed by atoms with Crippen LogP contribution in [-0.2, 0) is 11.2 Å².